The van der Waals surface area contributed by atoms with Gasteiger partial charge in [-0.25, -0.2) is 9.18 Å². The smallest absolute Gasteiger partial charge is 0.410 e. The lowest BCUT2D eigenvalue weighted by atomic mass is 9.55. The standard InChI is InChI=1S/C55H67FN2O11/c1-2-29-67-55-51(58(25-30-63-31-28-61)54(62)65-33-32-64-37-40-15-5-3-6-16-40)36-49(57-68-38-41-17-7-4-8-18-41)46-34-42(19-11-13-26-59)45(21-12-14-27-60)52(53(46)55)47-35-44(23-24-50(47)69-55)66-39-43-20-9-10-22-48(43)56/h2-10,15-18,20,22-24,34-35,42,45,51-53,59-61H,1,11-14,19,21,25-33,36-39H2/t42-,45+,51-,52+,53+,55+/m0/s1. The maximum Gasteiger partial charge on any atom is 0.410 e. The summed E-state index contributed by atoms with van der Waals surface area (Å²) in [6.07, 6.45) is 7.68. The number of aliphatic hydroxyl groups is 3. The van der Waals surface area contributed by atoms with Gasteiger partial charge in [0.1, 0.15) is 43.2 Å². The summed E-state index contributed by atoms with van der Waals surface area (Å²) in [7, 11) is 0. The molecule has 1 fully saturated rings. The molecule has 2 aliphatic carbocycles. The lowest BCUT2D eigenvalue weighted by Gasteiger charge is -2.59. The number of oxime groups is 1. The minimum absolute atomic E-state index is 0.00255. The van der Waals surface area contributed by atoms with Gasteiger partial charge in [0.2, 0.25) is 5.79 Å². The van der Waals surface area contributed by atoms with Crippen LogP contribution in [-0.4, -0.2) is 103 Å². The summed E-state index contributed by atoms with van der Waals surface area (Å²) in [4.78, 5) is 22.6. The molecular weight excluding hydrogens is 884 g/mol. The molecule has 4 aromatic rings. The second-order valence-corrected chi connectivity index (χ2v) is 17.6. The molecule has 0 unspecified atom stereocenters. The average molecular weight is 951 g/mol. The number of halogens is 1. The van der Waals surface area contributed by atoms with E-state index in [1.807, 2.05) is 72.8 Å². The summed E-state index contributed by atoms with van der Waals surface area (Å²) < 4.78 is 53.3. The Labute approximate surface area is 405 Å². The third-order valence-electron chi connectivity index (χ3n) is 13.1. The summed E-state index contributed by atoms with van der Waals surface area (Å²) in [5, 5.41) is 34.6. The van der Waals surface area contributed by atoms with Gasteiger partial charge in [-0.2, -0.15) is 0 Å². The zero-order chi connectivity index (χ0) is 48.3. The van der Waals surface area contributed by atoms with E-state index in [1.165, 1.54) is 6.07 Å². The lowest BCUT2D eigenvalue weighted by molar-refractivity contribution is -0.256. The number of nitrogens with zero attached hydrogens (tertiary/aromatic N) is 2. The fourth-order valence-corrected chi connectivity index (χ4v) is 10.0. The van der Waals surface area contributed by atoms with Crippen LogP contribution in [0.5, 0.6) is 11.5 Å². The Kier molecular flexibility index (Phi) is 19.6. The van der Waals surface area contributed by atoms with E-state index in [0.29, 0.717) is 42.2 Å². The highest BCUT2D eigenvalue weighted by Gasteiger charge is 2.65. The molecular formula is C55H67FN2O11. The van der Waals surface area contributed by atoms with Crippen molar-refractivity contribution in [2.24, 2.45) is 22.9 Å². The zero-order valence-corrected chi connectivity index (χ0v) is 39.4. The number of unbranched alkanes of at least 4 members (excludes halogenated alkanes) is 2. The Bertz CT molecular complexity index is 2280. The number of amides is 1. The third kappa shape index (κ3) is 13.2. The maximum atomic E-state index is 14.9. The Morgan fingerprint density at radius 3 is 2.26 bits per heavy atom. The van der Waals surface area contributed by atoms with Crippen molar-refractivity contribution in [3.63, 3.8) is 0 Å². The molecule has 7 rings (SSSR count). The number of allylic oxidation sites excluding steroid dienone is 1. The topological polar surface area (TPSA) is 158 Å². The second-order valence-electron chi connectivity index (χ2n) is 17.6. The first-order valence-electron chi connectivity index (χ1n) is 24.2. The molecule has 0 spiro atoms. The molecule has 370 valence electrons. The quantitative estimate of drug-likeness (QED) is 0.0284. The van der Waals surface area contributed by atoms with Crippen LogP contribution in [0, 0.1) is 23.6 Å². The minimum Gasteiger partial charge on any atom is -0.489 e. The molecule has 0 saturated heterocycles. The van der Waals surface area contributed by atoms with Gasteiger partial charge in [-0.05, 0) is 78.5 Å². The normalized spacial score (nSPS) is 21.9. The number of benzene rings is 4. The summed E-state index contributed by atoms with van der Waals surface area (Å²) in [5.74, 6) is -1.83. The molecule has 1 aliphatic heterocycles. The van der Waals surface area contributed by atoms with Crippen LogP contribution in [0.1, 0.15) is 73.1 Å². The van der Waals surface area contributed by atoms with Crippen LogP contribution in [0.15, 0.2) is 133 Å². The summed E-state index contributed by atoms with van der Waals surface area (Å²) >= 11 is 0. The van der Waals surface area contributed by atoms with Gasteiger partial charge in [0, 0.05) is 43.2 Å². The van der Waals surface area contributed by atoms with Crippen LogP contribution in [0.25, 0.3) is 0 Å². The molecule has 0 bridgehead atoms. The van der Waals surface area contributed by atoms with Crippen LogP contribution in [0.2, 0.25) is 0 Å². The number of carbonyl (C=O) groups excluding carboxylic acids is 1. The molecule has 1 amide bonds. The van der Waals surface area contributed by atoms with Crippen molar-refractivity contribution in [2.75, 3.05) is 59.4 Å². The first kappa shape index (κ1) is 51.2. The van der Waals surface area contributed by atoms with Gasteiger partial charge in [-0.15, -0.1) is 6.58 Å². The van der Waals surface area contributed by atoms with Crippen molar-refractivity contribution in [3.05, 3.63) is 156 Å². The molecule has 4 aromatic carbocycles. The Morgan fingerprint density at radius 2 is 1.54 bits per heavy atom. The van der Waals surface area contributed by atoms with E-state index in [4.69, 9.17) is 38.4 Å². The Morgan fingerprint density at radius 1 is 0.812 bits per heavy atom. The first-order valence-corrected chi connectivity index (χ1v) is 24.2. The Balaban J connectivity index is 1.35. The largest absolute Gasteiger partial charge is 0.489 e. The van der Waals surface area contributed by atoms with Gasteiger partial charge in [0.05, 0.1) is 51.3 Å². The van der Waals surface area contributed by atoms with E-state index in [1.54, 1.807) is 35.2 Å². The molecule has 3 N–H and O–H groups in total. The number of ether oxygens (including phenoxy) is 6. The third-order valence-corrected chi connectivity index (χ3v) is 13.1. The molecule has 0 aromatic heterocycles. The molecule has 1 heterocycles. The van der Waals surface area contributed by atoms with E-state index < -0.39 is 23.8 Å². The van der Waals surface area contributed by atoms with E-state index in [-0.39, 0.29) is 103 Å². The number of rotatable bonds is 28. The highest BCUT2D eigenvalue weighted by atomic mass is 19.1. The van der Waals surface area contributed by atoms with Crippen molar-refractivity contribution in [2.45, 2.75) is 82.5 Å². The second kappa shape index (κ2) is 26.4. The molecule has 0 radical (unpaired) electrons. The van der Waals surface area contributed by atoms with E-state index in [9.17, 15) is 24.5 Å². The predicted molar refractivity (Wildman–Crippen MR) is 259 cm³/mol. The van der Waals surface area contributed by atoms with Crippen LogP contribution in [0.3, 0.4) is 0 Å². The zero-order valence-electron chi connectivity index (χ0n) is 39.4. The van der Waals surface area contributed by atoms with E-state index >= 15 is 0 Å². The molecule has 1 saturated carbocycles. The van der Waals surface area contributed by atoms with Gasteiger partial charge in [-0.3, -0.25) is 4.90 Å². The average Bonchev–Trinajstić information content (AvgIpc) is 3.37. The van der Waals surface area contributed by atoms with E-state index in [2.05, 4.69) is 12.7 Å². The van der Waals surface area contributed by atoms with E-state index in [0.717, 1.165) is 47.9 Å². The van der Waals surface area contributed by atoms with Crippen molar-refractivity contribution in [1.82, 2.24) is 4.90 Å². The molecule has 14 heteroatoms. The monoisotopic (exact) mass is 950 g/mol. The lowest BCUT2D eigenvalue weighted by Crippen LogP contribution is -2.70. The fraction of sp³-hybridized carbons (Fsp3) is 0.455. The highest BCUT2D eigenvalue weighted by Crippen LogP contribution is 2.62. The fourth-order valence-electron chi connectivity index (χ4n) is 10.0. The van der Waals surface area contributed by atoms with Gasteiger partial charge in [0.25, 0.3) is 0 Å². The van der Waals surface area contributed by atoms with Crippen LogP contribution >= 0.6 is 0 Å². The predicted octanol–water partition coefficient (Wildman–Crippen LogP) is 8.90. The van der Waals surface area contributed by atoms with Crippen molar-refractivity contribution >= 4 is 11.8 Å². The SMILES string of the molecule is C=CCO[C@@]12Oc3ccc(OCc4ccccc4F)cc3[C@H]3[C@H](CCCCO)[C@@H](CCCCO)C=C(C(=NOCc4ccccc4)C[C@@H]1N(CCOCCO)C(=O)OCCOCc1ccccc1)[C@H]32. The van der Waals surface area contributed by atoms with Crippen molar-refractivity contribution in [1.29, 1.82) is 0 Å². The van der Waals surface area contributed by atoms with Crippen molar-refractivity contribution < 1.29 is 57.8 Å². The molecule has 69 heavy (non-hydrogen) atoms. The molecule has 13 nitrogen and oxygen atoms in total. The highest BCUT2D eigenvalue weighted by molar-refractivity contribution is 6.03. The number of hydrogen-bond acceptors (Lipinski definition) is 12. The maximum absolute atomic E-state index is 14.9. The van der Waals surface area contributed by atoms with Gasteiger partial charge >= 0.3 is 6.09 Å². The summed E-state index contributed by atoms with van der Waals surface area (Å²) in [6, 6.07) is 30.8. The van der Waals surface area contributed by atoms with Crippen LogP contribution in [0.4, 0.5) is 9.18 Å². The van der Waals surface area contributed by atoms with Crippen molar-refractivity contribution in [3.8, 4) is 11.5 Å². The summed E-state index contributed by atoms with van der Waals surface area (Å²) in [6.45, 7) is 4.85. The number of fused-ring (bicyclic) bond motifs is 2. The number of hydrogen-bond donors (Lipinski definition) is 3. The first-order chi connectivity index (χ1) is 33.9. The molecule has 3 aliphatic rings. The Hall–Kier alpha value is -5.61. The number of carbonyl (C=O) groups is 1. The van der Waals surface area contributed by atoms with Gasteiger partial charge in [0.15, 0.2) is 0 Å². The van der Waals surface area contributed by atoms with Gasteiger partial charge in [-0.1, -0.05) is 109 Å². The minimum atomic E-state index is -1.56. The number of aliphatic hydroxyl groups excluding tert-OH is 3. The van der Waals surface area contributed by atoms with Crippen LogP contribution in [-0.2, 0) is 43.6 Å². The summed E-state index contributed by atoms with van der Waals surface area (Å²) in [5.41, 5.74) is 4.68. The van der Waals surface area contributed by atoms with Gasteiger partial charge < -0.3 is 48.6 Å². The molecule has 6 atom stereocenters. The van der Waals surface area contributed by atoms with Crippen LogP contribution < -0.4 is 9.47 Å².